The number of carbonyl (C=O) groups excluding carboxylic acids is 1. The monoisotopic (exact) mass is 390 g/mol. The van der Waals surface area contributed by atoms with Crippen LogP contribution in [0.15, 0.2) is 35.6 Å². The molecule has 0 fully saturated rings. The van der Waals surface area contributed by atoms with Gasteiger partial charge in [0, 0.05) is 5.69 Å². The summed E-state index contributed by atoms with van der Waals surface area (Å²) in [6.07, 6.45) is 4.44. The molecular weight excluding hydrogens is 377 g/mol. The Morgan fingerprint density at radius 2 is 2.17 bits per heavy atom. The number of amides is 1. The minimum atomic E-state index is -0.535. The molecule has 0 saturated heterocycles. The molecule has 10 heteroatoms. The van der Waals surface area contributed by atoms with Crippen molar-refractivity contribution in [2.24, 2.45) is 4.99 Å². The fourth-order valence-electron chi connectivity index (χ4n) is 2.49. The number of ether oxygens (including phenoxy) is 1. The zero-order valence-electron chi connectivity index (χ0n) is 15.3. The summed E-state index contributed by atoms with van der Waals surface area (Å²) in [4.78, 5) is 20.2. The van der Waals surface area contributed by atoms with Crippen LogP contribution in [0.25, 0.3) is 5.65 Å². The summed E-state index contributed by atoms with van der Waals surface area (Å²) >= 11 is 0. The van der Waals surface area contributed by atoms with E-state index in [1.807, 2.05) is 0 Å². The molecule has 1 amide bonds. The second kappa shape index (κ2) is 7.34. The van der Waals surface area contributed by atoms with Crippen LogP contribution in [0.1, 0.15) is 18.3 Å². The SMILES string of the molecule is COc1cn2c(C#Cc3cc(NC(=O)C4=NC(C)=[N+]=C4)ccc3F)nnc2cn1. The molecule has 0 radical (unpaired) electrons. The predicted octanol–water partition coefficient (Wildman–Crippen LogP) is 0.621. The number of nitrogens with one attached hydrogen (secondary N) is 1. The van der Waals surface area contributed by atoms with E-state index in [0.29, 0.717) is 23.1 Å². The number of rotatable bonds is 3. The number of carbonyl (C=O) groups is 1. The summed E-state index contributed by atoms with van der Waals surface area (Å²) in [5, 5.41) is 10.6. The number of amidine groups is 1. The van der Waals surface area contributed by atoms with Gasteiger partial charge in [-0.2, -0.15) is 0 Å². The predicted molar refractivity (Wildman–Crippen MR) is 105 cm³/mol. The third-order valence-corrected chi connectivity index (χ3v) is 3.90. The van der Waals surface area contributed by atoms with E-state index in [4.69, 9.17) is 4.74 Å². The van der Waals surface area contributed by atoms with Gasteiger partial charge < -0.3 is 10.1 Å². The summed E-state index contributed by atoms with van der Waals surface area (Å²) in [6.45, 7) is 1.68. The Morgan fingerprint density at radius 1 is 1.31 bits per heavy atom. The standard InChI is InChI=1S/C19H12FN7O2/c1-11-21-8-15(23-11)19(28)24-13-4-5-14(20)12(7-13)3-6-16-25-26-17-9-22-18(29-2)10-27(16)17/h4-5,7-10H,1-2H3/p+1. The van der Waals surface area contributed by atoms with E-state index in [1.165, 1.54) is 37.7 Å². The van der Waals surface area contributed by atoms with E-state index in [1.54, 1.807) is 17.5 Å². The quantitative estimate of drug-likeness (QED) is 0.521. The van der Waals surface area contributed by atoms with Gasteiger partial charge in [-0.15, -0.1) is 10.2 Å². The number of hydrogen-bond donors (Lipinski definition) is 1. The lowest BCUT2D eigenvalue weighted by Gasteiger charge is -2.03. The van der Waals surface area contributed by atoms with Gasteiger partial charge in [-0.25, -0.2) is 14.0 Å². The number of aliphatic imine (C=N–C) groups is 1. The highest BCUT2D eigenvalue weighted by molar-refractivity contribution is 6.64. The maximum atomic E-state index is 14.2. The molecule has 2 aromatic heterocycles. The molecule has 1 aliphatic rings. The molecule has 1 N–H and O–H groups in total. The van der Waals surface area contributed by atoms with Crippen LogP contribution < -0.4 is 14.7 Å². The first kappa shape index (κ1) is 18.0. The van der Waals surface area contributed by atoms with E-state index < -0.39 is 11.7 Å². The van der Waals surface area contributed by atoms with Crippen molar-refractivity contribution in [3.05, 3.63) is 47.8 Å². The average Bonchev–Trinajstić information content (AvgIpc) is 3.34. The summed E-state index contributed by atoms with van der Waals surface area (Å²) in [6, 6.07) is 4.08. The van der Waals surface area contributed by atoms with Gasteiger partial charge in [0.2, 0.25) is 17.9 Å². The van der Waals surface area contributed by atoms with E-state index in [0.717, 1.165) is 0 Å². The fourth-order valence-corrected chi connectivity index (χ4v) is 2.49. The normalized spacial score (nSPS) is 12.2. The molecule has 1 aromatic carbocycles. The Kier molecular flexibility index (Phi) is 4.57. The number of hydrogen-bond acceptors (Lipinski definition) is 6. The Morgan fingerprint density at radius 3 is 2.93 bits per heavy atom. The number of fused-ring (bicyclic) bond motifs is 1. The van der Waals surface area contributed by atoms with E-state index in [9.17, 15) is 9.18 Å². The Bertz CT molecular complexity index is 1310. The number of methoxy groups -OCH3 is 1. The molecular formula is C19H13FN7O2+. The number of halogens is 1. The van der Waals surface area contributed by atoms with Gasteiger partial charge in [0.05, 0.1) is 32.0 Å². The lowest BCUT2D eigenvalue weighted by atomic mass is 10.2. The summed E-state index contributed by atoms with van der Waals surface area (Å²) in [5.74, 6) is 5.65. The molecule has 4 rings (SSSR count). The summed E-state index contributed by atoms with van der Waals surface area (Å²) in [7, 11) is 1.49. The molecule has 142 valence electrons. The van der Waals surface area contributed by atoms with Crippen LogP contribution in [0, 0.1) is 17.7 Å². The van der Waals surface area contributed by atoms with Crippen molar-refractivity contribution in [1.29, 1.82) is 0 Å². The lowest BCUT2D eigenvalue weighted by Crippen LogP contribution is -2.23. The maximum absolute atomic E-state index is 14.2. The Hall–Kier alpha value is -4.35. The van der Waals surface area contributed by atoms with Crippen LogP contribution in [-0.4, -0.2) is 50.4 Å². The molecule has 29 heavy (non-hydrogen) atoms. The lowest BCUT2D eigenvalue weighted by molar-refractivity contribution is -0.110. The summed E-state index contributed by atoms with van der Waals surface area (Å²) in [5.41, 5.74) is 1.11. The first-order chi connectivity index (χ1) is 14.0. The number of anilines is 1. The van der Waals surface area contributed by atoms with Crippen molar-refractivity contribution >= 4 is 35.0 Å². The second-order valence-electron chi connectivity index (χ2n) is 5.88. The van der Waals surface area contributed by atoms with Crippen LogP contribution in [0.5, 0.6) is 5.88 Å². The Balaban J connectivity index is 1.61. The molecule has 0 atom stereocenters. The van der Waals surface area contributed by atoms with Gasteiger partial charge in [-0.1, -0.05) is 5.92 Å². The zero-order valence-corrected chi connectivity index (χ0v) is 15.3. The highest BCUT2D eigenvalue weighted by Crippen LogP contribution is 2.15. The van der Waals surface area contributed by atoms with Crippen LogP contribution in [0.3, 0.4) is 0 Å². The molecule has 0 spiro atoms. The van der Waals surface area contributed by atoms with Crippen molar-refractivity contribution in [3.63, 3.8) is 0 Å². The van der Waals surface area contributed by atoms with Crippen molar-refractivity contribution in [2.75, 3.05) is 12.4 Å². The number of benzene rings is 1. The second-order valence-corrected chi connectivity index (χ2v) is 5.88. The van der Waals surface area contributed by atoms with Gasteiger partial charge in [0.25, 0.3) is 5.71 Å². The molecule has 0 saturated carbocycles. The molecule has 0 aliphatic carbocycles. The fraction of sp³-hybridized carbons (Fsp3) is 0.105. The van der Waals surface area contributed by atoms with Crippen LogP contribution >= 0.6 is 0 Å². The van der Waals surface area contributed by atoms with Gasteiger partial charge in [-0.3, -0.25) is 9.20 Å². The van der Waals surface area contributed by atoms with Gasteiger partial charge in [0.1, 0.15) is 5.82 Å². The third kappa shape index (κ3) is 3.71. The van der Waals surface area contributed by atoms with Crippen LogP contribution in [-0.2, 0) is 4.79 Å². The molecule has 1 aliphatic heterocycles. The van der Waals surface area contributed by atoms with Crippen LogP contribution in [0.4, 0.5) is 10.1 Å². The smallest absolute Gasteiger partial charge is 0.387 e. The number of aromatic nitrogens is 4. The topological polar surface area (TPSA) is 108 Å². The van der Waals surface area contributed by atoms with E-state index in [-0.39, 0.29) is 17.1 Å². The van der Waals surface area contributed by atoms with Gasteiger partial charge in [-0.05, 0) is 29.1 Å². The first-order valence-electron chi connectivity index (χ1n) is 8.37. The highest BCUT2D eigenvalue weighted by Gasteiger charge is 2.23. The molecule has 0 unspecified atom stereocenters. The van der Waals surface area contributed by atoms with E-state index >= 15 is 0 Å². The highest BCUT2D eigenvalue weighted by atomic mass is 19.1. The summed E-state index contributed by atoms with van der Waals surface area (Å²) < 4.78 is 24.8. The van der Waals surface area contributed by atoms with Gasteiger partial charge in [0.15, 0.2) is 5.65 Å². The van der Waals surface area contributed by atoms with Crippen molar-refractivity contribution < 1.29 is 13.9 Å². The number of nitrogens with zero attached hydrogens (tertiary/aromatic N) is 6. The minimum absolute atomic E-state index is 0.0883. The minimum Gasteiger partial charge on any atom is -0.480 e. The molecule has 3 aromatic rings. The van der Waals surface area contributed by atoms with E-state index in [2.05, 4.69) is 42.0 Å². The van der Waals surface area contributed by atoms with Crippen molar-refractivity contribution in [1.82, 2.24) is 24.3 Å². The first-order valence-corrected chi connectivity index (χ1v) is 8.37. The maximum Gasteiger partial charge on any atom is 0.387 e. The van der Waals surface area contributed by atoms with Crippen molar-refractivity contribution in [3.8, 4) is 17.7 Å². The van der Waals surface area contributed by atoms with Gasteiger partial charge >= 0.3 is 11.7 Å². The average molecular weight is 390 g/mol. The zero-order chi connectivity index (χ0) is 20.4. The molecule has 3 heterocycles. The largest absolute Gasteiger partial charge is 0.480 e. The molecule has 0 bridgehead atoms. The van der Waals surface area contributed by atoms with Crippen LogP contribution in [0.2, 0.25) is 0 Å². The Labute approximate surface area is 163 Å². The third-order valence-electron chi connectivity index (χ3n) is 3.90. The molecule has 9 nitrogen and oxygen atoms in total. The van der Waals surface area contributed by atoms with Crippen molar-refractivity contribution in [2.45, 2.75) is 6.92 Å².